The average Bonchev–Trinajstić information content (AvgIpc) is 2.87. The van der Waals surface area contributed by atoms with Crippen LogP contribution in [0.5, 0.6) is 0 Å². The lowest BCUT2D eigenvalue weighted by Gasteiger charge is -2.16. The van der Waals surface area contributed by atoms with E-state index in [1.165, 1.54) is 11.1 Å². The number of aromatic nitrogens is 2. The molecule has 1 heterocycles. The Morgan fingerprint density at radius 2 is 2.05 bits per heavy atom. The summed E-state index contributed by atoms with van der Waals surface area (Å²) in [7, 11) is 0. The smallest absolute Gasteiger partial charge is 0.120 e. The molecule has 0 saturated carbocycles. The number of benzene rings is 1. The molecule has 1 unspecified atom stereocenters. The minimum Gasteiger partial charge on any atom is -0.341 e. The van der Waals surface area contributed by atoms with Crippen molar-refractivity contribution in [2.75, 3.05) is 0 Å². The van der Waals surface area contributed by atoms with E-state index in [9.17, 15) is 0 Å². The fraction of sp³-hybridized carbons (Fsp3) is 0.438. The zero-order valence-electron chi connectivity index (χ0n) is 12.5. The van der Waals surface area contributed by atoms with Crippen LogP contribution in [0.2, 0.25) is 0 Å². The lowest BCUT2D eigenvalue weighted by molar-refractivity contribution is 0.422. The molecule has 3 nitrogen and oxygen atoms in total. The molecular formula is C16H22BrN3. The summed E-state index contributed by atoms with van der Waals surface area (Å²) >= 11 is 3.53. The predicted molar refractivity (Wildman–Crippen MR) is 87.6 cm³/mol. The van der Waals surface area contributed by atoms with Gasteiger partial charge in [0.2, 0.25) is 0 Å². The van der Waals surface area contributed by atoms with Crippen LogP contribution in [0.15, 0.2) is 28.9 Å². The Balaban J connectivity index is 2.06. The number of aromatic amines is 1. The zero-order chi connectivity index (χ0) is 14.7. The van der Waals surface area contributed by atoms with E-state index in [1.807, 2.05) is 6.20 Å². The van der Waals surface area contributed by atoms with Crippen LogP contribution in [0, 0.1) is 12.8 Å². The Morgan fingerprint density at radius 3 is 2.70 bits per heavy atom. The van der Waals surface area contributed by atoms with Crippen LogP contribution in [0.1, 0.15) is 32.2 Å². The highest BCUT2D eigenvalue weighted by molar-refractivity contribution is 9.10. The van der Waals surface area contributed by atoms with Gasteiger partial charge in [0, 0.05) is 10.5 Å². The molecule has 1 atom stereocenters. The summed E-state index contributed by atoms with van der Waals surface area (Å²) in [5.74, 6) is 1.60. The molecule has 0 saturated heterocycles. The number of nitrogens with zero attached hydrogens (tertiary/aromatic N) is 1. The monoisotopic (exact) mass is 335 g/mol. The van der Waals surface area contributed by atoms with E-state index in [2.05, 4.69) is 77.1 Å². The van der Waals surface area contributed by atoms with Gasteiger partial charge in [-0.15, -0.1) is 0 Å². The van der Waals surface area contributed by atoms with Gasteiger partial charge < -0.3 is 10.3 Å². The van der Waals surface area contributed by atoms with Gasteiger partial charge in [-0.1, -0.05) is 35.8 Å². The largest absolute Gasteiger partial charge is 0.341 e. The van der Waals surface area contributed by atoms with Gasteiger partial charge in [0.1, 0.15) is 5.82 Å². The van der Waals surface area contributed by atoms with E-state index in [4.69, 9.17) is 0 Å². The molecule has 1 aromatic heterocycles. The number of nitrogens with one attached hydrogen (secondary N) is 2. The number of hydrogen-bond donors (Lipinski definition) is 2. The second-order valence-corrected chi connectivity index (χ2v) is 6.48. The highest BCUT2D eigenvalue weighted by atomic mass is 79.9. The van der Waals surface area contributed by atoms with Crippen molar-refractivity contribution >= 4 is 15.9 Å². The topological polar surface area (TPSA) is 40.7 Å². The van der Waals surface area contributed by atoms with Gasteiger partial charge in [-0.25, -0.2) is 4.98 Å². The van der Waals surface area contributed by atoms with Crippen LogP contribution < -0.4 is 5.32 Å². The van der Waals surface area contributed by atoms with Gasteiger partial charge in [0.15, 0.2) is 0 Å². The van der Waals surface area contributed by atoms with Crippen molar-refractivity contribution in [3.05, 3.63) is 40.3 Å². The summed E-state index contributed by atoms with van der Waals surface area (Å²) < 4.78 is 1.13. The average molecular weight is 336 g/mol. The maximum absolute atomic E-state index is 4.45. The fourth-order valence-corrected chi connectivity index (χ4v) is 2.15. The van der Waals surface area contributed by atoms with Crippen molar-refractivity contribution in [1.29, 1.82) is 0 Å². The summed E-state index contributed by atoms with van der Waals surface area (Å²) in [5, 5.41) is 3.48. The van der Waals surface area contributed by atoms with Gasteiger partial charge in [-0.3, -0.25) is 0 Å². The number of aryl methyl sites for hydroxylation is 1. The molecule has 0 amide bonds. The minimum absolute atomic E-state index is 0.485. The third kappa shape index (κ3) is 3.70. The van der Waals surface area contributed by atoms with Gasteiger partial charge >= 0.3 is 0 Å². The first kappa shape index (κ1) is 15.3. The molecule has 1 aromatic carbocycles. The third-order valence-corrected chi connectivity index (χ3v) is 4.58. The summed E-state index contributed by atoms with van der Waals surface area (Å²) in [5.41, 5.74) is 3.46. The summed E-state index contributed by atoms with van der Waals surface area (Å²) in [4.78, 5) is 7.83. The number of H-pyrrole nitrogens is 1. The van der Waals surface area contributed by atoms with Crippen LogP contribution in [0.25, 0.3) is 11.3 Å². The van der Waals surface area contributed by atoms with Crippen LogP contribution in [0.4, 0.5) is 0 Å². The highest BCUT2D eigenvalue weighted by Crippen LogP contribution is 2.23. The molecule has 0 aliphatic carbocycles. The lowest BCUT2D eigenvalue weighted by Crippen LogP contribution is -2.30. The fourth-order valence-electron chi connectivity index (χ4n) is 1.90. The Bertz CT molecular complexity index is 575. The standard InChI is InChI=1S/C16H22BrN3/c1-10(2)12(4)18-9-16-19-8-15(20-16)13-5-6-14(17)11(3)7-13/h5-8,10,12,18H,9H2,1-4H3,(H,19,20). The summed E-state index contributed by atoms with van der Waals surface area (Å²) in [6, 6.07) is 6.81. The highest BCUT2D eigenvalue weighted by Gasteiger charge is 2.08. The van der Waals surface area contributed by atoms with Crippen molar-refractivity contribution in [3.63, 3.8) is 0 Å². The molecule has 108 valence electrons. The molecule has 0 radical (unpaired) electrons. The molecule has 0 spiro atoms. The van der Waals surface area contributed by atoms with E-state index >= 15 is 0 Å². The second kappa shape index (κ2) is 6.55. The maximum Gasteiger partial charge on any atom is 0.120 e. The van der Waals surface area contributed by atoms with Crippen molar-refractivity contribution in [2.45, 2.75) is 40.3 Å². The first-order chi connectivity index (χ1) is 9.47. The van der Waals surface area contributed by atoms with Gasteiger partial charge in [0.25, 0.3) is 0 Å². The van der Waals surface area contributed by atoms with Gasteiger partial charge in [-0.05, 0) is 43.0 Å². The Hall–Kier alpha value is -1.13. The lowest BCUT2D eigenvalue weighted by atomic mass is 10.1. The second-order valence-electron chi connectivity index (χ2n) is 5.62. The Kier molecular flexibility index (Phi) is 5.00. The van der Waals surface area contributed by atoms with Gasteiger partial charge in [0.05, 0.1) is 18.4 Å². The van der Waals surface area contributed by atoms with Crippen molar-refractivity contribution in [3.8, 4) is 11.3 Å². The van der Waals surface area contributed by atoms with Crippen LogP contribution in [-0.4, -0.2) is 16.0 Å². The van der Waals surface area contributed by atoms with Crippen LogP contribution in [0.3, 0.4) is 0 Å². The first-order valence-electron chi connectivity index (χ1n) is 7.01. The van der Waals surface area contributed by atoms with Crippen molar-refractivity contribution in [1.82, 2.24) is 15.3 Å². The molecule has 2 rings (SSSR count). The number of halogens is 1. The molecule has 4 heteroatoms. The molecule has 20 heavy (non-hydrogen) atoms. The molecule has 0 aliphatic rings. The van der Waals surface area contributed by atoms with Crippen LogP contribution in [-0.2, 0) is 6.54 Å². The number of rotatable bonds is 5. The quantitative estimate of drug-likeness (QED) is 0.855. The SMILES string of the molecule is Cc1cc(-c2cnc(CNC(C)C(C)C)[nH]2)ccc1Br. The maximum atomic E-state index is 4.45. The molecule has 0 bridgehead atoms. The molecule has 2 aromatic rings. The molecule has 0 fully saturated rings. The predicted octanol–water partition coefficient (Wildman–Crippen LogP) is 4.28. The zero-order valence-corrected chi connectivity index (χ0v) is 14.1. The molecule has 0 aliphatic heterocycles. The number of imidazole rings is 1. The van der Waals surface area contributed by atoms with Crippen molar-refractivity contribution < 1.29 is 0 Å². The Labute approximate surface area is 129 Å². The van der Waals surface area contributed by atoms with E-state index < -0.39 is 0 Å². The summed E-state index contributed by atoms with van der Waals surface area (Å²) in [6.07, 6.45) is 1.90. The molecular weight excluding hydrogens is 314 g/mol. The summed E-state index contributed by atoms with van der Waals surface area (Å²) in [6.45, 7) is 9.50. The third-order valence-electron chi connectivity index (χ3n) is 3.69. The Morgan fingerprint density at radius 1 is 1.30 bits per heavy atom. The molecule has 2 N–H and O–H groups in total. The normalized spacial score (nSPS) is 12.9. The van der Waals surface area contributed by atoms with Crippen molar-refractivity contribution in [2.24, 2.45) is 5.92 Å². The van der Waals surface area contributed by atoms with E-state index in [0.717, 1.165) is 22.5 Å². The van der Waals surface area contributed by atoms with Gasteiger partial charge in [-0.2, -0.15) is 0 Å². The van der Waals surface area contributed by atoms with E-state index in [0.29, 0.717) is 12.0 Å². The minimum atomic E-state index is 0.485. The van der Waals surface area contributed by atoms with Crippen LogP contribution >= 0.6 is 15.9 Å². The number of hydrogen-bond acceptors (Lipinski definition) is 2. The first-order valence-corrected chi connectivity index (χ1v) is 7.80. The van der Waals surface area contributed by atoms with E-state index in [1.54, 1.807) is 0 Å². The van der Waals surface area contributed by atoms with E-state index in [-0.39, 0.29) is 0 Å².